The normalized spacial score (nSPS) is 12.1. The number of aromatic nitrogens is 1. The molecule has 18 heavy (non-hydrogen) atoms. The van der Waals surface area contributed by atoms with Crippen LogP contribution in [0.1, 0.15) is 30.3 Å². The maximum Gasteiger partial charge on any atom is 0.287 e. The predicted molar refractivity (Wildman–Crippen MR) is 72.0 cm³/mol. The van der Waals surface area contributed by atoms with Crippen LogP contribution >= 0.6 is 15.9 Å². The van der Waals surface area contributed by atoms with Gasteiger partial charge in [0.15, 0.2) is 0 Å². The number of nitro groups is 1. The van der Waals surface area contributed by atoms with Crippen LogP contribution in [0, 0.1) is 16.0 Å². The number of alkyl halides is 1. The highest BCUT2D eigenvalue weighted by molar-refractivity contribution is 9.09. The van der Waals surface area contributed by atoms with Gasteiger partial charge in [-0.15, -0.1) is 0 Å². The van der Waals surface area contributed by atoms with Gasteiger partial charge >= 0.3 is 0 Å². The van der Waals surface area contributed by atoms with Crippen LogP contribution in [0.15, 0.2) is 12.3 Å². The fourth-order valence-electron chi connectivity index (χ4n) is 1.56. The number of halogens is 1. The van der Waals surface area contributed by atoms with E-state index in [1.807, 2.05) is 0 Å². The summed E-state index contributed by atoms with van der Waals surface area (Å²) in [6.07, 6.45) is 3.18. The maximum absolute atomic E-state index is 11.7. The summed E-state index contributed by atoms with van der Waals surface area (Å²) in [6.45, 7) is 2.65. The molecule has 1 heterocycles. The molecule has 0 saturated carbocycles. The second-order valence-electron chi connectivity index (χ2n) is 3.99. The Morgan fingerprint density at radius 1 is 1.67 bits per heavy atom. The molecule has 7 heteroatoms. The number of aromatic amines is 1. The van der Waals surface area contributed by atoms with E-state index in [4.69, 9.17) is 0 Å². The van der Waals surface area contributed by atoms with Crippen molar-refractivity contribution in [2.24, 2.45) is 5.92 Å². The van der Waals surface area contributed by atoms with Gasteiger partial charge in [-0.3, -0.25) is 14.9 Å². The van der Waals surface area contributed by atoms with E-state index < -0.39 is 4.92 Å². The molecule has 1 atom stereocenters. The van der Waals surface area contributed by atoms with E-state index in [0.29, 0.717) is 12.5 Å². The van der Waals surface area contributed by atoms with Gasteiger partial charge in [0.05, 0.1) is 11.1 Å². The molecular weight excluding hydrogens is 302 g/mol. The average Bonchev–Trinajstić information content (AvgIpc) is 2.83. The van der Waals surface area contributed by atoms with Gasteiger partial charge < -0.3 is 10.3 Å². The Kier molecular flexibility index (Phi) is 5.84. The van der Waals surface area contributed by atoms with E-state index in [9.17, 15) is 14.9 Å². The highest BCUT2D eigenvalue weighted by Gasteiger charge is 2.15. The maximum atomic E-state index is 11.7. The SMILES string of the molecule is CCC(CCBr)CNC(=O)c1cc([N+](=O)[O-])c[nH]1. The fraction of sp³-hybridized carbons (Fsp3) is 0.545. The largest absolute Gasteiger partial charge is 0.351 e. The lowest BCUT2D eigenvalue weighted by molar-refractivity contribution is -0.384. The first-order chi connectivity index (χ1) is 8.58. The molecule has 1 aromatic rings. The predicted octanol–water partition coefficient (Wildman–Crippen LogP) is 2.46. The lowest BCUT2D eigenvalue weighted by atomic mass is 10.0. The number of rotatable bonds is 7. The molecule has 0 aliphatic heterocycles. The molecule has 0 aliphatic carbocycles. The van der Waals surface area contributed by atoms with Crippen molar-refractivity contribution in [2.75, 3.05) is 11.9 Å². The number of hydrogen-bond acceptors (Lipinski definition) is 3. The summed E-state index contributed by atoms with van der Waals surface area (Å²) in [6, 6.07) is 1.24. The van der Waals surface area contributed by atoms with Crippen molar-refractivity contribution in [3.63, 3.8) is 0 Å². The standard InChI is InChI=1S/C11H16BrN3O3/c1-2-8(3-4-12)6-14-11(16)10-5-9(7-13-10)15(17)18/h5,7-8,13H,2-4,6H2,1H3,(H,14,16). The molecule has 2 N–H and O–H groups in total. The molecule has 1 unspecified atom stereocenters. The molecule has 6 nitrogen and oxygen atoms in total. The molecule has 0 aliphatic rings. The molecule has 0 fully saturated rings. The van der Waals surface area contributed by atoms with Gasteiger partial charge in [-0.1, -0.05) is 29.3 Å². The van der Waals surface area contributed by atoms with Crippen LogP contribution in [-0.4, -0.2) is 27.7 Å². The number of H-pyrrole nitrogens is 1. The van der Waals surface area contributed by atoms with Gasteiger partial charge in [-0.25, -0.2) is 0 Å². The molecule has 1 amide bonds. The number of nitrogens with zero attached hydrogens (tertiary/aromatic N) is 1. The van der Waals surface area contributed by atoms with Gasteiger partial charge in [0.25, 0.3) is 11.6 Å². The van der Waals surface area contributed by atoms with Crippen molar-refractivity contribution in [3.8, 4) is 0 Å². The fourth-order valence-corrected chi connectivity index (χ4v) is 2.20. The molecule has 0 spiro atoms. The molecule has 100 valence electrons. The monoisotopic (exact) mass is 317 g/mol. The van der Waals surface area contributed by atoms with Crippen LogP contribution in [0.5, 0.6) is 0 Å². The number of amides is 1. The zero-order chi connectivity index (χ0) is 13.5. The Bertz CT molecular complexity index is 419. The summed E-state index contributed by atoms with van der Waals surface area (Å²) in [5, 5.41) is 14.2. The minimum Gasteiger partial charge on any atom is -0.351 e. The molecule has 0 saturated heterocycles. The van der Waals surface area contributed by atoms with Crippen molar-refractivity contribution in [2.45, 2.75) is 19.8 Å². The average molecular weight is 318 g/mol. The van der Waals surface area contributed by atoms with Crippen LogP contribution in [0.2, 0.25) is 0 Å². The van der Waals surface area contributed by atoms with Crippen LogP contribution in [0.25, 0.3) is 0 Å². The second kappa shape index (κ2) is 7.15. The minimum atomic E-state index is -0.535. The third-order valence-electron chi connectivity index (χ3n) is 2.77. The van der Waals surface area contributed by atoms with Crippen molar-refractivity contribution >= 4 is 27.5 Å². The molecular formula is C11H16BrN3O3. The van der Waals surface area contributed by atoms with Gasteiger partial charge in [-0.05, 0) is 12.3 Å². The molecule has 0 bridgehead atoms. The Labute approximate surface area is 113 Å². The highest BCUT2D eigenvalue weighted by Crippen LogP contribution is 2.13. The van der Waals surface area contributed by atoms with E-state index >= 15 is 0 Å². The Balaban J connectivity index is 2.51. The van der Waals surface area contributed by atoms with Crippen molar-refractivity contribution in [3.05, 3.63) is 28.1 Å². The lowest BCUT2D eigenvalue weighted by Gasteiger charge is -2.13. The van der Waals surface area contributed by atoms with Gasteiger partial charge in [0.2, 0.25) is 0 Å². The van der Waals surface area contributed by atoms with Crippen LogP contribution < -0.4 is 5.32 Å². The number of hydrogen-bond donors (Lipinski definition) is 2. The number of carbonyl (C=O) groups excluding carboxylic acids is 1. The van der Waals surface area contributed by atoms with E-state index in [-0.39, 0.29) is 17.3 Å². The first-order valence-corrected chi connectivity index (χ1v) is 6.87. The second-order valence-corrected chi connectivity index (χ2v) is 4.78. The summed E-state index contributed by atoms with van der Waals surface area (Å²) in [7, 11) is 0. The topological polar surface area (TPSA) is 88.0 Å². The van der Waals surface area contributed by atoms with Gasteiger partial charge in [-0.2, -0.15) is 0 Å². The smallest absolute Gasteiger partial charge is 0.287 e. The van der Waals surface area contributed by atoms with Crippen LogP contribution in [0.3, 0.4) is 0 Å². The summed E-state index contributed by atoms with van der Waals surface area (Å²) in [5.74, 6) is 0.106. The molecule has 0 radical (unpaired) electrons. The summed E-state index contributed by atoms with van der Waals surface area (Å²) in [5.41, 5.74) is 0.114. The van der Waals surface area contributed by atoms with E-state index in [1.54, 1.807) is 0 Å². The quantitative estimate of drug-likeness (QED) is 0.460. The van der Waals surface area contributed by atoms with Gasteiger partial charge in [0, 0.05) is 17.9 Å². The highest BCUT2D eigenvalue weighted by atomic mass is 79.9. The van der Waals surface area contributed by atoms with Crippen molar-refractivity contribution in [1.82, 2.24) is 10.3 Å². The third kappa shape index (κ3) is 4.14. The van der Waals surface area contributed by atoms with Crippen LogP contribution in [-0.2, 0) is 0 Å². The van der Waals surface area contributed by atoms with Crippen molar-refractivity contribution in [1.29, 1.82) is 0 Å². The van der Waals surface area contributed by atoms with E-state index in [0.717, 1.165) is 18.2 Å². The third-order valence-corrected chi connectivity index (χ3v) is 3.23. The molecule has 0 aromatic carbocycles. The van der Waals surface area contributed by atoms with Crippen LogP contribution in [0.4, 0.5) is 5.69 Å². The first-order valence-electron chi connectivity index (χ1n) is 5.75. The lowest BCUT2D eigenvalue weighted by Crippen LogP contribution is -2.29. The Morgan fingerprint density at radius 2 is 2.39 bits per heavy atom. The van der Waals surface area contributed by atoms with Gasteiger partial charge in [0.1, 0.15) is 5.69 Å². The summed E-state index contributed by atoms with van der Waals surface area (Å²) >= 11 is 3.37. The zero-order valence-corrected chi connectivity index (χ0v) is 11.7. The summed E-state index contributed by atoms with van der Waals surface area (Å²) in [4.78, 5) is 24.3. The molecule has 1 aromatic heterocycles. The number of nitrogens with one attached hydrogen (secondary N) is 2. The first kappa shape index (κ1) is 14.7. The Hall–Kier alpha value is -1.37. The van der Waals surface area contributed by atoms with E-state index in [1.165, 1.54) is 12.3 Å². The Morgan fingerprint density at radius 3 is 2.89 bits per heavy atom. The summed E-state index contributed by atoms with van der Waals surface area (Å²) < 4.78 is 0. The van der Waals surface area contributed by atoms with Crippen molar-refractivity contribution < 1.29 is 9.72 Å². The van der Waals surface area contributed by atoms with E-state index in [2.05, 4.69) is 33.2 Å². The minimum absolute atomic E-state index is 0.104. The molecule has 1 rings (SSSR count). The number of carbonyl (C=O) groups is 1. The zero-order valence-electron chi connectivity index (χ0n) is 10.1.